The molecule has 0 bridgehead atoms. The van der Waals surface area contributed by atoms with Gasteiger partial charge in [0.05, 0.1) is 11.0 Å². The van der Waals surface area contributed by atoms with E-state index in [0.717, 1.165) is 17.7 Å². The molecule has 8 heteroatoms. The first-order valence-electron chi connectivity index (χ1n) is 11.3. The van der Waals surface area contributed by atoms with Crippen LogP contribution in [0, 0.1) is 30.6 Å². The summed E-state index contributed by atoms with van der Waals surface area (Å²) < 4.78 is 6.81. The van der Waals surface area contributed by atoms with Gasteiger partial charge in [0.2, 0.25) is 0 Å². The summed E-state index contributed by atoms with van der Waals surface area (Å²) in [6, 6.07) is 9.50. The van der Waals surface area contributed by atoms with Crippen molar-refractivity contribution in [3.63, 3.8) is 0 Å². The van der Waals surface area contributed by atoms with Crippen molar-refractivity contribution in [2.24, 2.45) is 5.92 Å². The third-order valence-corrected chi connectivity index (χ3v) is 6.86. The fourth-order valence-electron chi connectivity index (χ4n) is 4.98. The zero-order chi connectivity index (χ0) is 23.3. The van der Waals surface area contributed by atoms with Gasteiger partial charge in [-0.15, -0.1) is 0 Å². The largest absolute Gasteiger partial charge is 0.381 e. The van der Waals surface area contributed by atoms with E-state index in [0.29, 0.717) is 49.2 Å². The number of carbonyl (C=O) groups is 1. The van der Waals surface area contributed by atoms with Crippen LogP contribution in [0.3, 0.4) is 0 Å². The van der Waals surface area contributed by atoms with E-state index in [9.17, 15) is 9.59 Å². The molecule has 3 N–H and O–H groups in total. The molecule has 170 valence electrons. The number of amides is 1. The number of aromatic amines is 1. The molecule has 5 rings (SSSR count). The number of nitrogens with zero attached hydrogens (tertiary/aromatic N) is 2. The summed E-state index contributed by atoms with van der Waals surface area (Å²) in [6.07, 6.45) is 2.15. The number of nitrogens with one attached hydrogen (secondary N) is 3. The smallest absolute Gasteiger partial charge is 0.291 e. The van der Waals surface area contributed by atoms with Crippen molar-refractivity contribution in [3.05, 3.63) is 68.4 Å². The molecular weight excluding hydrogens is 418 g/mol. The number of benzene rings is 2. The molecule has 1 aromatic heterocycles. The molecule has 0 atom stereocenters. The highest BCUT2D eigenvalue weighted by atomic mass is 16.5. The van der Waals surface area contributed by atoms with Crippen molar-refractivity contribution in [3.8, 4) is 0 Å². The summed E-state index contributed by atoms with van der Waals surface area (Å²) in [5, 5.41) is 17.2. The van der Waals surface area contributed by atoms with Crippen LogP contribution in [-0.2, 0) is 11.2 Å². The molecule has 1 saturated heterocycles. The average molecular weight is 446 g/mol. The number of hydrogen-bond donors (Lipinski definition) is 3. The summed E-state index contributed by atoms with van der Waals surface area (Å²) in [5.41, 5.74) is 4.71. The molecule has 8 nitrogen and oxygen atoms in total. The fraction of sp³-hybridized carbons (Fsp3) is 0.360. The first kappa shape index (κ1) is 21.3. The second-order valence-electron chi connectivity index (χ2n) is 8.87. The Morgan fingerprint density at radius 3 is 2.67 bits per heavy atom. The molecule has 2 aliphatic heterocycles. The molecular formula is C25H27N5O3. The van der Waals surface area contributed by atoms with Crippen LogP contribution in [0.5, 0.6) is 0 Å². The zero-order valence-corrected chi connectivity index (χ0v) is 18.8. The highest BCUT2D eigenvalue weighted by Gasteiger charge is 2.28. The molecule has 2 aliphatic rings. The maximum atomic E-state index is 13.6. The monoisotopic (exact) mass is 445 g/mol. The van der Waals surface area contributed by atoms with Gasteiger partial charge in [-0.25, -0.2) is 0 Å². The number of anilines is 1. The van der Waals surface area contributed by atoms with E-state index in [1.54, 1.807) is 17.0 Å². The minimum atomic E-state index is -0.554. The standard InChI is InChI=1S/C25H27N5O3/c1-14-4-3-5-20-17(14)6-9-29(20)25(32)18-13-21-19(12-15(18)2)28-24(31)23(27)30(21)22(26)16-7-10-33-11-8-16/h3-5,12-13,16,26-27H,6-11H2,1-2H3,(H,28,31). The second-order valence-corrected chi connectivity index (χ2v) is 8.87. The van der Waals surface area contributed by atoms with Crippen LogP contribution in [0.2, 0.25) is 0 Å². The summed E-state index contributed by atoms with van der Waals surface area (Å²) >= 11 is 0. The van der Waals surface area contributed by atoms with E-state index in [4.69, 9.17) is 15.6 Å². The summed E-state index contributed by atoms with van der Waals surface area (Å²) in [5.74, 6) is -0.0174. The van der Waals surface area contributed by atoms with Crippen LogP contribution in [-0.4, -0.2) is 41.1 Å². The SMILES string of the molecule is Cc1cc2[nH]c(=O)c(=N)n(C(=N)C3CCOCC3)c2cc1C(=O)N1CCc2c(C)cccc21. The Morgan fingerprint density at radius 2 is 1.91 bits per heavy atom. The molecule has 0 saturated carbocycles. The predicted octanol–water partition coefficient (Wildman–Crippen LogP) is 2.88. The van der Waals surface area contributed by atoms with Gasteiger partial charge in [0.15, 0.2) is 5.49 Å². The Morgan fingerprint density at radius 1 is 1.15 bits per heavy atom. The van der Waals surface area contributed by atoms with Crippen LogP contribution >= 0.6 is 0 Å². The number of ether oxygens (including phenoxy) is 1. The van der Waals surface area contributed by atoms with Crippen LogP contribution in [0.25, 0.3) is 11.0 Å². The van der Waals surface area contributed by atoms with E-state index in [1.807, 2.05) is 19.1 Å². The Kier molecular flexibility index (Phi) is 5.25. The number of rotatable bonds is 2. The molecule has 3 aromatic rings. The molecule has 0 aliphatic carbocycles. The number of hydrogen-bond acceptors (Lipinski definition) is 5. The maximum absolute atomic E-state index is 13.6. The zero-order valence-electron chi connectivity index (χ0n) is 18.8. The van der Waals surface area contributed by atoms with Gasteiger partial charge in [-0.05, 0) is 68.0 Å². The first-order chi connectivity index (χ1) is 15.9. The number of H-pyrrole nitrogens is 1. The lowest BCUT2D eigenvalue weighted by Gasteiger charge is -2.25. The summed E-state index contributed by atoms with van der Waals surface area (Å²) in [4.78, 5) is 30.7. The third kappa shape index (κ3) is 3.51. The third-order valence-electron chi connectivity index (χ3n) is 6.86. The van der Waals surface area contributed by atoms with Crippen molar-refractivity contribution in [2.75, 3.05) is 24.7 Å². The van der Waals surface area contributed by atoms with Gasteiger partial charge in [-0.3, -0.25) is 25.0 Å². The van der Waals surface area contributed by atoms with E-state index < -0.39 is 5.56 Å². The fourth-order valence-corrected chi connectivity index (χ4v) is 4.98. The predicted molar refractivity (Wildman–Crippen MR) is 126 cm³/mol. The van der Waals surface area contributed by atoms with Crippen LogP contribution in [0.4, 0.5) is 5.69 Å². The topological polar surface area (TPSA) is 115 Å². The van der Waals surface area contributed by atoms with Gasteiger partial charge in [0.25, 0.3) is 11.5 Å². The van der Waals surface area contributed by atoms with Crippen molar-refractivity contribution in [1.29, 1.82) is 10.8 Å². The van der Waals surface area contributed by atoms with Gasteiger partial charge < -0.3 is 14.6 Å². The molecule has 33 heavy (non-hydrogen) atoms. The van der Waals surface area contributed by atoms with Crippen molar-refractivity contribution in [2.45, 2.75) is 33.1 Å². The average Bonchev–Trinajstić information content (AvgIpc) is 3.25. The summed E-state index contributed by atoms with van der Waals surface area (Å²) in [7, 11) is 0. The van der Waals surface area contributed by atoms with Gasteiger partial charge in [-0.1, -0.05) is 12.1 Å². The van der Waals surface area contributed by atoms with Crippen LogP contribution < -0.4 is 15.9 Å². The van der Waals surface area contributed by atoms with Crippen molar-refractivity contribution >= 4 is 28.5 Å². The number of aryl methyl sites for hydroxylation is 2. The Labute approximate surface area is 190 Å². The number of fused-ring (bicyclic) bond motifs is 2. The van der Waals surface area contributed by atoms with Crippen LogP contribution in [0.15, 0.2) is 35.1 Å². The Bertz CT molecular complexity index is 1410. The molecule has 3 heterocycles. The van der Waals surface area contributed by atoms with Gasteiger partial charge >= 0.3 is 0 Å². The van der Waals surface area contributed by atoms with Crippen LogP contribution in [0.1, 0.15) is 39.9 Å². The highest BCUT2D eigenvalue weighted by Crippen LogP contribution is 2.32. The maximum Gasteiger partial charge on any atom is 0.291 e. The van der Waals surface area contributed by atoms with E-state index in [-0.39, 0.29) is 23.1 Å². The normalized spacial score (nSPS) is 16.2. The highest BCUT2D eigenvalue weighted by molar-refractivity contribution is 6.10. The first-order valence-corrected chi connectivity index (χ1v) is 11.3. The molecule has 0 spiro atoms. The second kappa shape index (κ2) is 8.12. The van der Waals surface area contributed by atoms with Gasteiger partial charge in [0.1, 0.15) is 5.84 Å². The summed E-state index contributed by atoms with van der Waals surface area (Å²) in [6.45, 7) is 5.63. The molecule has 0 unspecified atom stereocenters. The number of aromatic nitrogens is 2. The van der Waals surface area contributed by atoms with E-state index in [1.165, 1.54) is 15.7 Å². The van der Waals surface area contributed by atoms with E-state index in [2.05, 4.69) is 18.0 Å². The Balaban J connectivity index is 1.64. The minimum Gasteiger partial charge on any atom is -0.381 e. The quantitative estimate of drug-likeness (QED) is 0.416. The minimum absolute atomic E-state index is 0.105. The van der Waals surface area contributed by atoms with Crippen molar-refractivity contribution < 1.29 is 9.53 Å². The van der Waals surface area contributed by atoms with Crippen molar-refractivity contribution in [1.82, 2.24) is 9.55 Å². The molecule has 1 amide bonds. The lowest BCUT2D eigenvalue weighted by molar-refractivity contribution is 0.0819. The lowest BCUT2D eigenvalue weighted by Crippen LogP contribution is -2.43. The molecule has 1 fully saturated rings. The van der Waals surface area contributed by atoms with Gasteiger partial charge in [-0.2, -0.15) is 0 Å². The van der Waals surface area contributed by atoms with Gasteiger partial charge in [0, 0.05) is 36.9 Å². The number of carbonyl (C=O) groups excluding carboxylic acids is 1. The molecule has 2 aromatic carbocycles. The lowest BCUT2D eigenvalue weighted by atomic mass is 9.98. The Hall–Kier alpha value is -3.52. The van der Waals surface area contributed by atoms with E-state index >= 15 is 0 Å². The molecule has 0 radical (unpaired) electrons.